The smallest absolute Gasteiger partial charge is 0.133 e. The molecule has 24 heavy (non-hydrogen) atoms. The second-order valence-electron chi connectivity index (χ2n) is 10.0. The van der Waals surface area contributed by atoms with Crippen molar-refractivity contribution in [1.82, 2.24) is 0 Å². The number of hydrogen-bond acceptors (Lipinski definition) is 3. The van der Waals surface area contributed by atoms with Gasteiger partial charge in [-0.3, -0.25) is 4.79 Å². The summed E-state index contributed by atoms with van der Waals surface area (Å²) in [5, 5.41) is 21.2. The topological polar surface area (TPSA) is 57.5 Å². The van der Waals surface area contributed by atoms with Gasteiger partial charge in [-0.1, -0.05) is 13.8 Å². The van der Waals surface area contributed by atoms with Crippen LogP contribution in [0.5, 0.6) is 0 Å². The molecular weight excluding hydrogens is 300 g/mol. The van der Waals surface area contributed by atoms with Crippen LogP contribution in [0, 0.1) is 40.4 Å². The van der Waals surface area contributed by atoms with Crippen molar-refractivity contribution in [2.24, 2.45) is 40.4 Å². The average molecular weight is 335 g/mol. The van der Waals surface area contributed by atoms with Crippen molar-refractivity contribution in [3.05, 3.63) is 0 Å². The fraction of sp³-hybridized carbons (Fsp3) is 0.952. The van der Waals surface area contributed by atoms with Crippen LogP contribution in [-0.2, 0) is 4.79 Å². The number of rotatable bonds is 1. The Kier molecular flexibility index (Phi) is 3.93. The van der Waals surface area contributed by atoms with Crippen LogP contribution in [0.3, 0.4) is 0 Å². The summed E-state index contributed by atoms with van der Waals surface area (Å²) in [4.78, 5) is 12.2. The van der Waals surface area contributed by atoms with E-state index in [9.17, 15) is 15.0 Å². The van der Waals surface area contributed by atoms with Crippen LogP contribution < -0.4 is 0 Å². The molecule has 0 aromatic carbocycles. The van der Waals surface area contributed by atoms with Crippen LogP contribution in [0.1, 0.15) is 72.1 Å². The van der Waals surface area contributed by atoms with Gasteiger partial charge in [0, 0.05) is 5.92 Å². The van der Waals surface area contributed by atoms with E-state index in [-0.39, 0.29) is 29.0 Å². The zero-order chi connectivity index (χ0) is 17.3. The molecule has 0 bridgehead atoms. The predicted octanol–water partition coefficient (Wildman–Crippen LogP) is 3.57. The predicted molar refractivity (Wildman–Crippen MR) is 93.3 cm³/mol. The van der Waals surface area contributed by atoms with Crippen LogP contribution in [0.2, 0.25) is 0 Å². The van der Waals surface area contributed by atoms with Crippen molar-refractivity contribution in [2.45, 2.75) is 84.3 Å². The maximum Gasteiger partial charge on any atom is 0.133 e. The fourth-order valence-corrected chi connectivity index (χ4v) is 7.87. The van der Waals surface area contributed by atoms with Crippen molar-refractivity contribution >= 4 is 5.78 Å². The maximum absolute atomic E-state index is 12.2. The number of carbonyl (C=O) groups excluding carboxylic acids is 1. The van der Waals surface area contributed by atoms with E-state index in [0.717, 1.165) is 51.4 Å². The fourth-order valence-electron chi connectivity index (χ4n) is 7.87. The summed E-state index contributed by atoms with van der Waals surface area (Å²) in [6, 6.07) is 0. The normalized spacial score (nSPS) is 57.0. The van der Waals surface area contributed by atoms with E-state index in [1.54, 1.807) is 6.92 Å². The Bertz CT molecular complexity index is 531. The number of ketones is 1. The lowest BCUT2D eigenvalue weighted by molar-refractivity contribution is -0.173. The highest BCUT2D eigenvalue weighted by Crippen LogP contribution is 2.67. The van der Waals surface area contributed by atoms with Crippen LogP contribution in [0.25, 0.3) is 0 Å². The molecule has 4 rings (SSSR count). The van der Waals surface area contributed by atoms with Gasteiger partial charge in [0.1, 0.15) is 5.78 Å². The highest BCUT2D eigenvalue weighted by Gasteiger charge is 2.62. The van der Waals surface area contributed by atoms with E-state index < -0.39 is 0 Å². The minimum absolute atomic E-state index is 0.103. The maximum atomic E-state index is 12.2. The molecule has 0 saturated heterocycles. The van der Waals surface area contributed by atoms with Gasteiger partial charge in [-0.25, -0.2) is 0 Å². The average Bonchev–Trinajstić information content (AvgIpc) is 2.86. The Morgan fingerprint density at radius 1 is 0.917 bits per heavy atom. The molecule has 2 N–H and O–H groups in total. The third kappa shape index (κ3) is 2.19. The van der Waals surface area contributed by atoms with Crippen molar-refractivity contribution in [1.29, 1.82) is 0 Å². The standard InChI is InChI=1S/C21H34O3/c1-12(22)15-4-5-16-19-17(7-9-21(15,16)3)20(2)8-6-14(23)10-13(20)11-18(19)24/h13-19,23-24H,4-11H2,1-3H3. The lowest BCUT2D eigenvalue weighted by Crippen LogP contribution is -2.58. The molecule has 4 fully saturated rings. The summed E-state index contributed by atoms with van der Waals surface area (Å²) in [5.74, 6) is 2.46. The molecule has 0 spiro atoms. The van der Waals surface area contributed by atoms with Crippen LogP contribution in [-0.4, -0.2) is 28.2 Å². The van der Waals surface area contributed by atoms with Gasteiger partial charge < -0.3 is 10.2 Å². The third-order valence-corrected chi connectivity index (χ3v) is 9.15. The summed E-state index contributed by atoms with van der Waals surface area (Å²) >= 11 is 0. The molecule has 9 atom stereocenters. The van der Waals surface area contributed by atoms with Crippen LogP contribution in [0.4, 0.5) is 0 Å². The number of fused-ring (bicyclic) bond motifs is 5. The Morgan fingerprint density at radius 2 is 1.58 bits per heavy atom. The number of aliphatic hydroxyl groups excluding tert-OH is 2. The molecule has 0 aromatic heterocycles. The van der Waals surface area contributed by atoms with Gasteiger partial charge in [0.05, 0.1) is 12.2 Å². The zero-order valence-electron chi connectivity index (χ0n) is 15.5. The number of Topliss-reactive ketones (excluding diaryl/α,β-unsaturated/α-hetero) is 1. The van der Waals surface area contributed by atoms with Gasteiger partial charge in [-0.15, -0.1) is 0 Å². The lowest BCUT2D eigenvalue weighted by Gasteiger charge is -2.62. The van der Waals surface area contributed by atoms with Gasteiger partial charge in [0.2, 0.25) is 0 Å². The van der Waals surface area contributed by atoms with Crippen LogP contribution in [0.15, 0.2) is 0 Å². The van der Waals surface area contributed by atoms with Crippen molar-refractivity contribution in [3.8, 4) is 0 Å². The summed E-state index contributed by atoms with van der Waals surface area (Å²) < 4.78 is 0. The molecule has 3 heteroatoms. The molecular formula is C21H34O3. The van der Waals surface area contributed by atoms with Crippen molar-refractivity contribution in [2.75, 3.05) is 0 Å². The molecule has 0 aliphatic heterocycles. The quantitative estimate of drug-likeness (QED) is 0.771. The second-order valence-corrected chi connectivity index (χ2v) is 10.0. The highest BCUT2D eigenvalue weighted by molar-refractivity contribution is 5.79. The first-order valence-electron chi connectivity index (χ1n) is 10.1. The summed E-state index contributed by atoms with van der Waals surface area (Å²) in [7, 11) is 0. The lowest BCUT2D eigenvalue weighted by atomic mass is 9.44. The van der Waals surface area contributed by atoms with Gasteiger partial charge in [-0.05, 0) is 92.8 Å². The minimum atomic E-state index is -0.242. The summed E-state index contributed by atoms with van der Waals surface area (Å²) in [5.41, 5.74) is 0.379. The Hall–Kier alpha value is -0.410. The molecule has 136 valence electrons. The SMILES string of the molecule is CC(=O)C1CCC2C3C(O)CC4CC(O)CCC4(C)C3CCC12C. The van der Waals surface area contributed by atoms with E-state index in [4.69, 9.17) is 0 Å². The van der Waals surface area contributed by atoms with E-state index in [0.29, 0.717) is 29.5 Å². The third-order valence-electron chi connectivity index (χ3n) is 9.15. The number of carbonyl (C=O) groups is 1. The molecule has 4 saturated carbocycles. The molecule has 0 radical (unpaired) electrons. The Balaban J connectivity index is 1.66. The van der Waals surface area contributed by atoms with Crippen molar-refractivity contribution < 1.29 is 15.0 Å². The molecule has 3 nitrogen and oxygen atoms in total. The van der Waals surface area contributed by atoms with Crippen LogP contribution >= 0.6 is 0 Å². The monoisotopic (exact) mass is 334 g/mol. The molecule has 0 amide bonds. The van der Waals surface area contributed by atoms with Gasteiger partial charge in [0.15, 0.2) is 0 Å². The first-order chi connectivity index (χ1) is 11.3. The van der Waals surface area contributed by atoms with Gasteiger partial charge >= 0.3 is 0 Å². The molecule has 0 heterocycles. The van der Waals surface area contributed by atoms with Crippen molar-refractivity contribution in [3.63, 3.8) is 0 Å². The first-order valence-corrected chi connectivity index (χ1v) is 10.1. The molecule has 4 aliphatic rings. The molecule has 4 aliphatic carbocycles. The van der Waals surface area contributed by atoms with Gasteiger partial charge in [-0.2, -0.15) is 0 Å². The minimum Gasteiger partial charge on any atom is -0.393 e. The Labute approximate surface area is 146 Å². The molecule has 9 unspecified atom stereocenters. The number of hydrogen-bond donors (Lipinski definition) is 2. The number of aliphatic hydroxyl groups is 2. The van der Waals surface area contributed by atoms with E-state index in [2.05, 4.69) is 13.8 Å². The molecule has 0 aromatic rings. The summed E-state index contributed by atoms with van der Waals surface area (Å²) in [6.45, 7) is 6.54. The van der Waals surface area contributed by atoms with Gasteiger partial charge in [0.25, 0.3) is 0 Å². The largest absolute Gasteiger partial charge is 0.393 e. The van der Waals surface area contributed by atoms with E-state index >= 15 is 0 Å². The zero-order valence-corrected chi connectivity index (χ0v) is 15.5. The second kappa shape index (κ2) is 5.54. The highest BCUT2D eigenvalue weighted by atomic mass is 16.3. The Morgan fingerprint density at radius 3 is 2.29 bits per heavy atom. The van der Waals surface area contributed by atoms with E-state index in [1.165, 1.54) is 0 Å². The van der Waals surface area contributed by atoms with E-state index in [1.807, 2.05) is 0 Å². The first kappa shape index (κ1) is 17.0. The summed E-state index contributed by atoms with van der Waals surface area (Å²) in [6.07, 6.45) is 7.76.